The van der Waals surface area contributed by atoms with Crippen LogP contribution in [0, 0.1) is 0 Å². The van der Waals surface area contributed by atoms with E-state index in [1.807, 2.05) is 21.1 Å². The summed E-state index contributed by atoms with van der Waals surface area (Å²) >= 11 is 0. The van der Waals surface area contributed by atoms with Crippen molar-refractivity contribution in [3.05, 3.63) is 0 Å². The first-order valence-corrected chi connectivity index (χ1v) is 37.3. The molecule has 0 rings (SSSR count). The molecule has 0 fully saturated rings. The van der Waals surface area contributed by atoms with Gasteiger partial charge in [-0.25, -0.2) is 4.57 Å². The Bertz CT molecular complexity index is 1310. The van der Waals surface area contributed by atoms with Crippen LogP contribution in [0.2, 0.25) is 0 Å². The minimum Gasteiger partial charge on any atom is -0.462 e. The molecule has 0 radical (unpaired) electrons. The Balaban J connectivity index is 3.88. The van der Waals surface area contributed by atoms with E-state index in [2.05, 4.69) is 13.8 Å². The molecule has 0 bridgehead atoms. The Kier molecular flexibility index (Phi) is 61.8. The molecule has 0 spiro atoms. The summed E-state index contributed by atoms with van der Waals surface area (Å²) in [5.41, 5.74) is 0. The Morgan fingerprint density at radius 1 is 0.338 bits per heavy atom. The largest absolute Gasteiger partial charge is 0.472 e. The molecule has 9 nitrogen and oxygen atoms in total. The van der Waals surface area contributed by atoms with Crippen molar-refractivity contribution >= 4 is 19.8 Å². The first-order chi connectivity index (χ1) is 39.0. The second-order valence-corrected chi connectivity index (χ2v) is 27.5. The molecule has 1 N–H and O–H groups in total. The molecule has 0 amide bonds. The number of carbonyl (C=O) groups excluding carboxylic acids is 2. The quantitative estimate of drug-likeness (QED) is 0.0278. The zero-order chi connectivity index (χ0) is 58.4. The molecule has 0 aliphatic rings. The van der Waals surface area contributed by atoms with Gasteiger partial charge in [-0.05, 0) is 12.8 Å². The number of quaternary nitrogens is 1. The maximum atomic E-state index is 12.9. The summed E-state index contributed by atoms with van der Waals surface area (Å²) < 4.78 is 34.7. The van der Waals surface area contributed by atoms with E-state index >= 15 is 0 Å². The molecule has 80 heavy (non-hydrogen) atoms. The van der Waals surface area contributed by atoms with Crippen molar-refractivity contribution in [1.82, 2.24) is 0 Å². The second-order valence-electron chi connectivity index (χ2n) is 26.0. The molecule has 2 atom stereocenters. The van der Waals surface area contributed by atoms with E-state index in [0.717, 1.165) is 38.5 Å². The second kappa shape index (κ2) is 62.5. The average Bonchev–Trinajstić information content (AvgIpc) is 3.42. The first kappa shape index (κ1) is 79.0. The molecular formula is C70H141NO8P+. The normalized spacial score (nSPS) is 13.0. The Hall–Kier alpha value is -0.990. The van der Waals surface area contributed by atoms with Gasteiger partial charge in [0.05, 0.1) is 27.7 Å². The highest BCUT2D eigenvalue weighted by Crippen LogP contribution is 2.43. The summed E-state index contributed by atoms with van der Waals surface area (Å²) in [7, 11) is 1.51. The van der Waals surface area contributed by atoms with E-state index < -0.39 is 26.5 Å². The van der Waals surface area contributed by atoms with Crippen molar-refractivity contribution in [3.8, 4) is 0 Å². The molecule has 0 saturated carbocycles. The van der Waals surface area contributed by atoms with Gasteiger partial charge in [0, 0.05) is 12.8 Å². The standard InChI is InChI=1S/C70H140NO8P/c1-6-8-10-12-14-16-18-20-22-24-26-27-28-29-30-31-32-33-34-35-36-37-38-39-40-41-42-43-45-47-49-51-53-55-57-59-61-63-70(73)79-68(67-78-80(74,75)77-65-64-71(3,4)5)66-76-69(72)62-60-58-56-54-52-50-48-46-44-25-23-21-19-17-15-13-11-9-7-2/h68H,6-67H2,1-5H3/p+1. The van der Waals surface area contributed by atoms with Crippen molar-refractivity contribution in [2.45, 2.75) is 392 Å². The third kappa shape index (κ3) is 66.2. The van der Waals surface area contributed by atoms with Gasteiger partial charge in [-0.3, -0.25) is 18.6 Å². The van der Waals surface area contributed by atoms with Crippen LogP contribution >= 0.6 is 7.82 Å². The molecule has 0 aromatic carbocycles. The highest BCUT2D eigenvalue weighted by atomic mass is 31.2. The molecule has 0 aromatic heterocycles. The van der Waals surface area contributed by atoms with Crippen molar-refractivity contribution in [1.29, 1.82) is 0 Å². The minimum absolute atomic E-state index is 0.0376. The lowest BCUT2D eigenvalue weighted by Gasteiger charge is -2.24. The lowest BCUT2D eigenvalue weighted by molar-refractivity contribution is -0.870. The third-order valence-corrected chi connectivity index (χ3v) is 17.6. The van der Waals surface area contributed by atoms with Crippen LogP contribution in [-0.2, 0) is 32.7 Å². The SMILES string of the molecule is CCCCCCCCCCCCCCCCCCCCCCCCCCCCCCCCCCCCCCCC(=O)OC(COC(=O)CCCCCCCCCCCCCCCCCCCCC)COP(=O)(O)OCC[N+](C)(C)C. The van der Waals surface area contributed by atoms with Crippen LogP contribution in [0.15, 0.2) is 0 Å². The highest BCUT2D eigenvalue weighted by molar-refractivity contribution is 7.47. The maximum Gasteiger partial charge on any atom is 0.472 e. The monoisotopic (exact) mass is 1160 g/mol. The van der Waals surface area contributed by atoms with Crippen LogP contribution in [0.1, 0.15) is 386 Å². The topological polar surface area (TPSA) is 108 Å². The molecule has 0 heterocycles. The molecular weight excluding hydrogens is 1010 g/mol. The summed E-state index contributed by atoms with van der Waals surface area (Å²) in [6.45, 7) is 4.53. The highest BCUT2D eigenvalue weighted by Gasteiger charge is 2.27. The Morgan fingerprint density at radius 2 is 0.562 bits per heavy atom. The van der Waals surface area contributed by atoms with E-state index in [0.29, 0.717) is 17.4 Å². The summed E-state index contributed by atoms with van der Waals surface area (Å²) in [6.07, 6.45) is 75.2. The fraction of sp³-hybridized carbons (Fsp3) is 0.971. The number of hydrogen-bond donors (Lipinski definition) is 1. The van der Waals surface area contributed by atoms with Gasteiger partial charge in [0.1, 0.15) is 19.8 Å². The van der Waals surface area contributed by atoms with E-state index in [4.69, 9.17) is 18.5 Å². The van der Waals surface area contributed by atoms with Crippen LogP contribution in [0.25, 0.3) is 0 Å². The van der Waals surface area contributed by atoms with Crippen molar-refractivity contribution in [3.63, 3.8) is 0 Å². The number of carbonyl (C=O) groups is 2. The van der Waals surface area contributed by atoms with E-state index in [9.17, 15) is 19.0 Å². The van der Waals surface area contributed by atoms with E-state index in [1.165, 1.54) is 321 Å². The smallest absolute Gasteiger partial charge is 0.462 e. The lowest BCUT2D eigenvalue weighted by Crippen LogP contribution is -2.37. The van der Waals surface area contributed by atoms with Gasteiger partial charge in [-0.2, -0.15) is 0 Å². The zero-order valence-corrected chi connectivity index (χ0v) is 55.5. The summed E-state index contributed by atoms with van der Waals surface area (Å²) in [5.74, 6) is -0.769. The van der Waals surface area contributed by atoms with Crippen molar-refractivity contribution in [2.24, 2.45) is 0 Å². The van der Waals surface area contributed by atoms with Crippen LogP contribution in [0.4, 0.5) is 0 Å². The predicted molar refractivity (Wildman–Crippen MR) is 345 cm³/mol. The van der Waals surface area contributed by atoms with Gasteiger partial charge >= 0.3 is 19.8 Å². The average molecular weight is 1160 g/mol. The number of nitrogens with zero attached hydrogens (tertiary/aromatic N) is 1. The first-order valence-electron chi connectivity index (χ1n) is 35.8. The number of hydrogen-bond acceptors (Lipinski definition) is 7. The molecule has 0 aliphatic heterocycles. The van der Waals surface area contributed by atoms with Crippen molar-refractivity contribution in [2.75, 3.05) is 47.5 Å². The fourth-order valence-corrected chi connectivity index (χ4v) is 11.9. The minimum atomic E-state index is -4.38. The van der Waals surface area contributed by atoms with Crippen LogP contribution in [0.3, 0.4) is 0 Å². The number of unbranched alkanes of at least 4 members (excludes halogenated alkanes) is 54. The van der Waals surface area contributed by atoms with Crippen LogP contribution < -0.4 is 0 Å². The summed E-state index contributed by atoms with van der Waals surface area (Å²) in [5, 5.41) is 0. The lowest BCUT2D eigenvalue weighted by atomic mass is 10.0. The molecule has 478 valence electrons. The molecule has 0 saturated heterocycles. The molecule has 2 unspecified atom stereocenters. The number of esters is 2. The maximum absolute atomic E-state index is 12.9. The zero-order valence-electron chi connectivity index (χ0n) is 54.6. The van der Waals surface area contributed by atoms with Crippen LogP contribution in [-0.4, -0.2) is 74.9 Å². The predicted octanol–water partition coefficient (Wildman–Crippen LogP) is 22.9. The Labute approximate surface area is 499 Å². The van der Waals surface area contributed by atoms with Gasteiger partial charge < -0.3 is 18.9 Å². The van der Waals surface area contributed by atoms with Crippen LogP contribution in [0.5, 0.6) is 0 Å². The van der Waals surface area contributed by atoms with Gasteiger partial charge in [-0.1, -0.05) is 361 Å². The fourth-order valence-electron chi connectivity index (χ4n) is 11.1. The Morgan fingerprint density at radius 3 is 0.800 bits per heavy atom. The number of likely N-dealkylation sites (N-methyl/N-ethyl adjacent to an activating group) is 1. The number of ether oxygens (including phenoxy) is 2. The molecule has 0 aliphatic carbocycles. The van der Waals surface area contributed by atoms with Gasteiger partial charge in [0.2, 0.25) is 0 Å². The third-order valence-electron chi connectivity index (χ3n) is 16.6. The molecule has 0 aromatic rings. The van der Waals surface area contributed by atoms with Gasteiger partial charge in [-0.15, -0.1) is 0 Å². The van der Waals surface area contributed by atoms with Gasteiger partial charge in [0.15, 0.2) is 6.10 Å². The number of phosphoric ester groups is 1. The number of phosphoric acid groups is 1. The van der Waals surface area contributed by atoms with E-state index in [1.54, 1.807) is 0 Å². The van der Waals surface area contributed by atoms with Gasteiger partial charge in [0.25, 0.3) is 0 Å². The van der Waals surface area contributed by atoms with E-state index in [-0.39, 0.29) is 25.6 Å². The summed E-state index contributed by atoms with van der Waals surface area (Å²) in [4.78, 5) is 35.8. The summed E-state index contributed by atoms with van der Waals surface area (Å²) in [6, 6.07) is 0. The van der Waals surface area contributed by atoms with Crippen molar-refractivity contribution < 1.29 is 42.1 Å². The molecule has 10 heteroatoms. The number of rotatable bonds is 68.